The van der Waals surface area contributed by atoms with Crippen LogP contribution in [0.5, 0.6) is 0 Å². The summed E-state index contributed by atoms with van der Waals surface area (Å²) in [5.74, 6) is 2.08. The summed E-state index contributed by atoms with van der Waals surface area (Å²) in [6, 6.07) is 13.9. The molecule has 2 fully saturated rings. The summed E-state index contributed by atoms with van der Waals surface area (Å²) in [5.41, 5.74) is 10.9. The van der Waals surface area contributed by atoms with Crippen LogP contribution in [-0.4, -0.2) is 38.0 Å². The number of aldehydes is 1. The third-order valence-electron chi connectivity index (χ3n) is 6.70. The Morgan fingerprint density at radius 1 is 1.23 bits per heavy atom. The highest BCUT2D eigenvalue weighted by atomic mass is 35.5. The molecule has 0 aliphatic heterocycles. The fourth-order valence-electron chi connectivity index (χ4n) is 4.00. The predicted molar refractivity (Wildman–Crippen MR) is 159 cm³/mol. The van der Waals surface area contributed by atoms with Crippen molar-refractivity contribution in [1.29, 1.82) is 0 Å². The van der Waals surface area contributed by atoms with Crippen LogP contribution in [0.1, 0.15) is 59.7 Å². The van der Waals surface area contributed by atoms with Crippen LogP contribution in [0.25, 0.3) is 5.57 Å². The number of benzene rings is 2. The summed E-state index contributed by atoms with van der Waals surface area (Å²) in [4.78, 5) is 27.1. The van der Waals surface area contributed by atoms with Crippen molar-refractivity contribution in [3.05, 3.63) is 87.7 Å². The van der Waals surface area contributed by atoms with E-state index in [-0.39, 0.29) is 18.0 Å². The number of allylic oxidation sites excluding steroid dienone is 2. The Morgan fingerprint density at radius 2 is 1.97 bits per heavy atom. The lowest BCUT2D eigenvalue weighted by Crippen LogP contribution is -2.31. The molecule has 2 aliphatic carbocycles. The highest BCUT2D eigenvalue weighted by Crippen LogP contribution is 2.46. The maximum atomic E-state index is 11.7. The molecule has 0 aromatic heterocycles. The van der Waals surface area contributed by atoms with Gasteiger partial charge in [0.05, 0.1) is 18.3 Å². The van der Waals surface area contributed by atoms with Crippen LogP contribution in [0, 0.1) is 12.3 Å². The van der Waals surface area contributed by atoms with Gasteiger partial charge in [-0.15, -0.1) is 6.42 Å². The van der Waals surface area contributed by atoms with Crippen molar-refractivity contribution in [1.82, 2.24) is 16.0 Å². The smallest absolute Gasteiger partial charge is 0.267 e. The highest BCUT2D eigenvalue weighted by Gasteiger charge is 2.43. The number of nitrogens with zero attached hydrogens (tertiary/aromatic N) is 1. The molecule has 2 saturated carbocycles. The Hall–Kier alpha value is -3.86. The second-order valence-corrected chi connectivity index (χ2v) is 9.89. The minimum atomic E-state index is -0.260. The molecule has 1 amide bonds. The van der Waals surface area contributed by atoms with E-state index in [9.17, 15) is 9.59 Å². The molecule has 0 bridgehead atoms. The van der Waals surface area contributed by atoms with E-state index < -0.39 is 0 Å². The number of halogens is 1. The molecule has 5 N–H and O–H groups in total. The van der Waals surface area contributed by atoms with E-state index >= 15 is 0 Å². The first-order chi connectivity index (χ1) is 18.9. The van der Waals surface area contributed by atoms with Crippen molar-refractivity contribution < 1.29 is 9.59 Å². The number of amides is 1. The summed E-state index contributed by atoms with van der Waals surface area (Å²) in [7, 11) is 2.00. The van der Waals surface area contributed by atoms with Crippen LogP contribution >= 0.6 is 11.6 Å². The number of terminal acetylenes is 1. The Bertz CT molecular complexity index is 1300. The van der Waals surface area contributed by atoms with E-state index in [2.05, 4.69) is 32.9 Å². The minimum absolute atomic E-state index is 0.104. The Balaban J connectivity index is 0.000000216. The van der Waals surface area contributed by atoms with Crippen molar-refractivity contribution in [2.45, 2.75) is 50.7 Å². The Labute approximate surface area is 236 Å². The zero-order valence-corrected chi connectivity index (χ0v) is 23.2. The fraction of sp³-hybridized carbons (Fsp3) is 0.323. The number of rotatable bonds is 11. The summed E-state index contributed by atoms with van der Waals surface area (Å²) in [5, 5.41) is 9.71. The maximum Gasteiger partial charge on any atom is 0.267 e. The second-order valence-electron chi connectivity index (χ2n) is 9.45. The van der Waals surface area contributed by atoms with Gasteiger partial charge < -0.3 is 21.7 Å². The normalized spacial score (nSPS) is 16.1. The molecule has 2 aromatic rings. The van der Waals surface area contributed by atoms with Crippen LogP contribution in [0.4, 0.5) is 0 Å². The maximum absolute atomic E-state index is 11.7. The first-order valence-corrected chi connectivity index (χ1v) is 13.4. The van der Waals surface area contributed by atoms with Gasteiger partial charge in [0.25, 0.3) is 5.91 Å². The molecular formula is C31H36ClN5O2. The Kier molecular flexibility index (Phi) is 10.9. The number of hydrogen-bond donors (Lipinski definition) is 4. The van der Waals surface area contributed by atoms with Gasteiger partial charge in [0.1, 0.15) is 6.29 Å². The van der Waals surface area contributed by atoms with Crippen LogP contribution in [-0.2, 0) is 16.9 Å². The van der Waals surface area contributed by atoms with E-state index in [0.29, 0.717) is 23.8 Å². The van der Waals surface area contributed by atoms with E-state index in [4.69, 9.17) is 23.8 Å². The van der Waals surface area contributed by atoms with Crippen molar-refractivity contribution in [3.63, 3.8) is 0 Å². The summed E-state index contributed by atoms with van der Waals surface area (Å²) >= 11 is 6.28. The van der Waals surface area contributed by atoms with Crippen LogP contribution in [0.2, 0.25) is 5.02 Å². The van der Waals surface area contributed by atoms with Gasteiger partial charge in [-0.05, 0) is 74.5 Å². The second kappa shape index (κ2) is 14.3. The van der Waals surface area contributed by atoms with Crippen molar-refractivity contribution in [2.24, 2.45) is 10.7 Å². The number of nitrogens with one attached hydrogen (secondary N) is 3. The van der Waals surface area contributed by atoms with Gasteiger partial charge in [0.2, 0.25) is 0 Å². The molecule has 0 atom stereocenters. The fourth-order valence-corrected chi connectivity index (χ4v) is 4.24. The van der Waals surface area contributed by atoms with Crippen molar-refractivity contribution in [3.8, 4) is 12.3 Å². The number of carbonyl (C=O) groups excluding carboxylic acids is 2. The van der Waals surface area contributed by atoms with Crippen molar-refractivity contribution in [2.75, 3.05) is 13.6 Å². The standard InChI is InChI=1S/C16H20ClN3.C15H16N2O2/c1-19-16(4-5-16)13-6-11(7-14(17)8-13)12(9-18)10-20-15-2-3-15;1-3-9-16-15(19)14(4-2)17-10-12-7-5-6-8-13(12)11-18/h6-10,15,19H,2-5,18H2,1H3;1,4-8,11,17H,9-10H2,2H3,(H,16,19)/b12-9+,20-10?;14-4+. The molecule has 0 spiro atoms. The molecule has 8 heteroatoms. The van der Waals surface area contributed by atoms with Gasteiger partial charge in [-0.1, -0.05) is 47.9 Å². The van der Waals surface area contributed by atoms with Crippen molar-refractivity contribution >= 4 is 35.6 Å². The summed E-state index contributed by atoms with van der Waals surface area (Å²) in [6.45, 7) is 2.34. The highest BCUT2D eigenvalue weighted by molar-refractivity contribution is 6.31. The zero-order valence-electron chi connectivity index (χ0n) is 22.5. The van der Waals surface area contributed by atoms with Crippen LogP contribution < -0.4 is 21.7 Å². The van der Waals surface area contributed by atoms with Crippen LogP contribution in [0.3, 0.4) is 0 Å². The first kappa shape index (κ1) is 29.7. The molecular weight excluding hydrogens is 510 g/mol. The lowest BCUT2D eigenvalue weighted by Gasteiger charge is -2.16. The first-order valence-electron chi connectivity index (χ1n) is 13.0. The minimum Gasteiger partial charge on any atom is -0.404 e. The number of aliphatic imine (C=N–C) groups is 1. The van der Waals surface area contributed by atoms with Gasteiger partial charge in [0, 0.05) is 40.7 Å². The number of hydrogen-bond acceptors (Lipinski definition) is 6. The average Bonchev–Trinajstić information content (AvgIpc) is 3.88. The third-order valence-corrected chi connectivity index (χ3v) is 6.92. The average molecular weight is 546 g/mol. The third kappa shape index (κ3) is 8.57. The molecule has 4 rings (SSSR count). The topological polar surface area (TPSA) is 109 Å². The van der Waals surface area contributed by atoms with Gasteiger partial charge in [-0.3, -0.25) is 14.6 Å². The molecule has 0 radical (unpaired) electrons. The van der Waals surface area contributed by atoms with E-state index in [1.807, 2.05) is 37.5 Å². The number of carbonyl (C=O) groups is 2. The van der Waals surface area contributed by atoms with Crippen LogP contribution in [0.15, 0.2) is 65.4 Å². The quantitative estimate of drug-likeness (QED) is 0.145. The Morgan fingerprint density at radius 3 is 2.56 bits per heavy atom. The largest absolute Gasteiger partial charge is 0.404 e. The van der Waals surface area contributed by atoms with Gasteiger partial charge in [-0.2, -0.15) is 0 Å². The molecule has 204 valence electrons. The SMILES string of the molecule is C#CCNC(=O)/C(=C\C)NCc1ccccc1C=O.CNC1(c2cc(Cl)cc(/C(C=NC3CC3)=C/N)c2)CC1. The van der Waals surface area contributed by atoms with Gasteiger partial charge >= 0.3 is 0 Å². The van der Waals surface area contributed by atoms with Gasteiger partial charge in [0.15, 0.2) is 0 Å². The summed E-state index contributed by atoms with van der Waals surface area (Å²) < 4.78 is 0. The zero-order chi connectivity index (χ0) is 28.3. The molecule has 0 unspecified atom stereocenters. The number of nitrogens with two attached hydrogens (primary N) is 1. The lowest BCUT2D eigenvalue weighted by molar-refractivity contribution is -0.117. The monoisotopic (exact) mass is 545 g/mol. The molecule has 0 saturated heterocycles. The van der Waals surface area contributed by atoms with E-state index in [1.165, 1.54) is 18.4 Å². The molecule has 2 aromatic carbocycles. The molecule has 7 nitrogen and oxygen atoms in total. The molecule has 39 heavy (non-hydrogen) atoms. The summed E-state index contributed by atoms with van der Waals surface area (Å²) in [6.07, 6.45) is 15.7. The lowest BCUT2D eigenvalue weighted by atomic mass is 9.99. The molecule has 0 heterocycles. The van der Waals surface area contributed by atoms with Gasteiger partial charge in [-0.25, -0.2) is 0 Å². The predicted octanol–water partition coefficient (Wildman–Crippen LogP) is 4.32. The van der Waals surface area contributed by atoms with E-state index in [1.54, 1.807) is 31.3 Å². The molecule has 2 aliphatic rings. The van der Waals surface area contributed by atoms with E-state index in [0.717, 1.165) is 40.9 Å².